The highest BCUT2D eigenvalue weighted by Crippen LogP contribution is 2.32. The smallest absolute Gasteiger partial charge is 0.278 e. The molecule has 0 unspecified atom stereocenters. The molecule has 0 aliphatic heterocycles. The van der Waals surface area contributed by atoms with E-state index in [9.17, 15) is 9.18 Å². The number of para-hydroxylation sites is 3. The van der Waals surface area contributed by atoms with Gasteiger partial charge >= 0.3 is 0 Å². The number of pyridine rings is 1. The van der Waals surface area contributed by atoms with Crippen LogP contribution < -0.4 is 10.3 Å². The quantitative estimate of drug-likeness (QED) is 0.144. The van der Waals surface area contributed by atoms with Crippen molar-refractivity contribution in [3.05, 3.63) is 98.7 Å². The third-order valence-electron chi connectivity index (χ3n) is 5.17. The standard InChI is InChI=1S/C25H19FN4O2S3/c1-2-32-20-12-6-5-11-19(20)29-22-21(35-25(29)33)23(31)30(18-10-4-3-9-17(18)26)24(28-22)34-15-16-8-7-13-27-14-16/h3-14H,2,15H2,1H3. The van der Waals surface area contributed by atoms with E-state index in [-0.39, 0.29) is 11.2 Å². The molecule has 0 saturated carbocycles. The van der Waals surface area contributed by atoms with Crippen LogP contribution in [0.3, 0.4) is 0 Å². The molecule has 0 fully saturated rings. The van der Waals surface area contributed by atoms with Gasteiger partial charge in [-0.25, -0.2) is 9.37 Å². The average Bonchev–Trinajstić information content (AvgIpc) is 3.21. The Labute approximate surface area is 213 Å². The van der Waals surface area contributed by atoms with E-state index in [1.54, 1.807) is 35.2 Å². The Balaban J connectivity index is 1.76. The molecular formula is C25H19FN4O2S3. The van der Waals surface area contributed by atoms with Gasteiger partial charge < -0.3 is 4.74 Å². The van der Waals surface area contributed by atoms with Crippen molar-refractivity contribution in [1.29, 1.82) is 0 Å². The third kappa shape index (κ3) is 4.52. The first kappa shape index (κ1) is 23.4. The third-order valence-corrected chi connectivity index (χ3v) is 7.53. The maximum atomic E-state index is 14.8. The van der Waals surface area contributed by atoms with E-state index in [4.69, 9.17) is 21.9 Å². The number of thiazole rings is 1. The Morgan fingerprint density at radius 3 is 2.57 bits per heavy atom. The minimum atomic E-state index is -0.510. The lowest BCUT2D eigenvalue weighted by Gasteiger charge is -2.14. The van der Waals surface area contributed by atoms with Crippen LogP contribution in [0, 0.1) is 9.77 Å². The van der Waals surface area contributed by atoms with Crippen molar-refractivity contribution in [1.82, 2.24) is 19.1 Å². The molecule has 35 heavy (non-hydrogen) atoms. The zero-order valence-corrected chi connectivity index (χ0v) is 21.0. The van der Waals surface area contributed by atoms with Gasteiger partial charge in [-0.2, -0.15) is 0 Å². The molecule has 0 amide bonds. The predicted molar refractivity (Wildman–Crippen MR) is 140 cm³/mol. The normalized spacial score (nSPS) is 11.1. The van der Waals surface area contributed by atoms with E-state index >= 15 is 0 Å². The van der Waals surface area contributed by atoms with Crippen molar-refractivity contribution in [2.75, 3.05) is 6.61 Å². The van der Waals surface area contributed by atoms with Crippen molar-refractivity contribution in [2.24, 2.45) is 0 Å². The van der Waals surface area contributed by atoms with Crippen LogP contribution in [0.2, 0.25) is 0 Å². The number of rotatable bonds is 7. The van der Waals surface area contributed by atoms with Gasteiger partial charge in [-0.05, 0) is 55.0 Å². The van der Waals surface area contributed by atoms with Gasteiger partial charge in [0.1, 0.15) is 16.3 Å². The number of halogens is 1. The molecule has 2 aromatic carbocycles. The van der Waals surface area contributed by atoms with Crippen molar-refractivity contribution in [3.8, 4) is 17.1 Å². The molecule has 0 aliphatic carbocycles. The summed E-state index contributed by atoms with van der Waals surface area (Å²) in [4.78, 5) is 22.8. The summed E-state index contributed by atoms with van der Waals surface area (Å²) in [6.07, 6.45) is 3.45. The molecule has 3 heterocycles. The molecule has 0 bridgehead atoms. The second-order valence-electron chi connectivity index (χ2n) is 7.39. The van der Waals surface area contributed by atoms with E-state index in [1.807, 2.05) is 43.3 Å². The summed E-state index contributed by atoms with van der Waals surface area (Å²) in [6, 6.07) is 17.4. The minimum Gasteiger partial charge on any atom is -0.492 e. The van der Waals surface area contributed by atoms with E-state index in [0.29, 0.717) is 43.3 Å². The second kappa shape index (κ2) is 10.1. The van der Waals surface area contributed by atoms with Crippen LogP contribution in [-0.2, 0) is 5.75 Å². The van der Waals surface area contributed by atoms with Crippen LogP contribution >= 0.6 is 35.3 Å². The van der Waals surface area contributed by atoms with Gasteiger partial charge in [0.2, 0.25) is 0 Å². The van der Waals surface area contributed by atoms with Crippen LogP contribution in [0.5, 0.6) is 5.75 Å². The number of ether oxygens (including phenoxy) is 1. The maximum absolute atomic E-state index is 14.8. The molecule has 0 radical (unpaired) electrons. The number of aromatic nitrogens is 4. The average molecular weight is 523 g/mol. The summed E-state index contributed by atoms with van der Waals surface area (Å²) in [5.74, 6) is 0.625. The van der Waals surface area contributed by atoms with Crippen molar-refractivity contribution < 1.29 is 9.13 Å². The van der Waals surface area contributed by atoms with Gasteiger partial charge in [0.05, 0.1) is 18.0 Å². The lowest BCUT2D eigenvalue weighted by Crippen LogP contribution is -2.22. The van der Waals surface area contributed by atoms with Crippen LogP contribution in [0.1, 0.15) is 12.5 Å². The summed E-state index contributed by atoms with van der Waals surface area (Å²) in [5, 5.41) is 0.354. The van der Waals surface area contributed by atoms with E-state index in [0.717, 1.165) is 16.9 Å². The molecule has 3 aromatic heterocycles. The number of thioether (sulfide) groups is 1. The van der Waals surface area contributed by atoms with Gasteiger partial charge in [0.15, 0.2) is 14.8 Å². The van der Waals surface area contributed by atoms with Gasteiger partial charge in [0.25, 0.3) is 5.56 Å². The number of fused-ring (bicyclic) bond motifs is 1. The van der Waals surface area contributed by atoms with Gasteiger partial charge in [-0.15, -0.1) is 0 Å². The van der Waals surface area contributed by atoms with E-state index < -0.39 is 5.82 Å². The molecule has 0 atom stereocenters. The Kier molecular flexibility index (Phi) is 6.76. The molecule has 5 rings (SSSR count). The predicted octanol–water partition coefficient (Wildman–Crippen LogP) is 6.19. The minimum absolute atomic E-state index is 0.140. The van der Waals surface area contributed by atoms with Gasteiger partial charge in [0, 0.05) is 18.1 Å². The largest absolute Gasteiger partial charge is 0.492 e. The molecule has 5 aromatic rings. The first-order chi connectivity index (χ1) is 17.1. The zero-order valence-electron chi connectivity index (χ0n) is 18.6. The maximum Gasteiger partial charge on any atom is 0.278 e. The van der Waals surface area contributed by atoms with Crippen molar-refractivity contribution >= 4 is 45.7 Å². The summed E-state index contributed by atoms with van der Waals surface area (Å²) in [5.41, 5.74) is 1.83. The summed E-state index contributed by atoms with van der Waals surface area (Å²) >= 11 is 8.14. The Bertz CT molecular complexity index is 1630. The highest BCUT2D eigenvalue weighted by atomic mass is 32.2. The summed E-state index contributed by atoms with van der Waals surface area (Å²) in [7, 11) is 0. The van der Waals surface area contributed by atoms with Gasteiger partial charge in [-0.3, -0.25) is 18.9 Å². The zero-order chi connectivity index (χ0) is 24.4. The van der Waals surface area contributed by atoms with Crippen LogP contribution in [0.25, 0.3) is 21.7 Å². The number of nitrogens with zero attached hydrogens (tertiary/aromatic N) is 4. The fraction of sp³-hybridized carbons (Fsp3) is 0.120. The number of hydrogen-bond donors (Lipinski definition) is 0. The van der Waals surface area contributed by atoms with Crippen LogP contribution in [0.15, 0.2) is 83.0 Å². The molecular weight excluding hydrogens is 504 g/mol. The monoisotopic (exact) mass is 522 g/mol. The topological polar surface area (TPSA) is 61.9 Å². The first-order valence-corrected chi connectivity index (χ1v) is 13.0. The highest BCUT2D eigenvalue weighted by molar-refractivity contribution is 7.98. The Hall–Kier alpha value is -3.34. The van der Waals surface area contributed by atoms with E-state index in [1.165, 1.54) is 22.4 Å². The lowest BCUT2D eigenvalue weighted by atomic mass is 10.3. The van der Waals surface area contributed by atoms with E-state index in [2.05, 4.69) is 4.98 Å². The number of benzene rings is 2. The fourth-order valence-electron chi connectivity index (χ4n) is 3.64. The Morgan fingerprint density at radius 2 is 1.83 bits per heavy atom. The molecule has 0 saturated heterocycles. The molecule has 10 heteroatoms. The molecule has 176 valence electrons. The SMILES string of the molecule is CCOc1ccccc1-n1c(=S)sc2c(=O)n(-c3ccccc3F)c(SCc3cccnc3)nc21. The summed E-state index contributed by atoms with van der Waals surface area (Å²) < 4.78 is 24.5. The lowest BCUT2D eigenvalue weighted by molar-refractivity contribution is 0.339. The van der Waals surface area contributed by atoms with Crippen LogP contribution in [-0.4, -0.2) is 25.7 Å². The molecule has 0 aliphatic rings. The molecule has 6 nitrogen and oxygen atoms in total. The van der Waals surface area contributed by atoms with Crippen molar-refractivity contribution in [2.45, 2.75) is 17.8 Å². The second-order valence-corrected chi connectivity index (χ2v) is 9.98. The Morgan fingerprint density at radius 1 is 1.06 bits per heavy atom. The molecule has 0 N–H and O–H groups in total. The van der Waals surface area contributed by atoms with Crippen molar-refractivity contribution in [3.63, 3.8) is 0 Å². The van der Waals surface area contributed by atoms with Crippen LogP contribution in [0.4, 0.5) is 4.39 Å². The number of hydrogen-bond acceptors (Lipinski definition) is 7. The first-order valence-electron chi connectivity index (χ1n) is 10.8. The highest BCUT2D eigenvalue weighted by Gasteiger charge is 2.21. The fourth-order valence-corrected chi connectivity index (χ4v) is 5.86. The summed E-state index contributed by atoms with van der Waals surface area (Å²) in [6.45, 7) is 2.38. The molecule has 0 spiro atoms. The van der Waals surface area contributed by atoms with Gasteiger partial charge in [-0.1, -0.05) is 53.4 Å².